The van der Waals surface area contributed by atoms with Crippen LogP contribution < -0.4 is 5.32 Å². The summed E-state index contributed by atoms with van der Waals surface area (Å²) < 4.78 is 0. The predicted octanol–water partition coefficient (Wildman–Crippen LogP) is 3.32. The first-order valence-electron chi connectivity index (χ1n) is 5.62. The second kappa shape index (κ2) is 4.04. The fourth-order valence-electron chi connectivity index (χ4n) is 1.83. The summed E-state index contributed by atoms with van der Waals surface area (Å²) in [6, 6.07) is 8.74. The van der Waals surface area contributed by atoms with E-state index in [1.54, 1.807) is 0 Å². The molecular formula is C13H19N. The predicted molar refractivity (Wildman–Crippen MR) is 61.6 cm³/mol. The lowest BCUT2D eigenvalue weighted by Gasteiger charge is -2.06. The Balaban J connectivity index is 1.88. The summed E-state index contributed by atoms with van der Waals surface area (Å²) in [5.41, 5.74) is 2.70. The molecule has 0 saturated heterocycles. The maximum atomic E-state index is 3.51. The maximum absolute atomic E-state index is 3.51. The van der Waals surface area contributed by atoms with E-state index in [9.17, 15) is 0 Å². The van der Waals surface area contributed by atoms with Gasteiger partial charge in [0.15, 0.2) is 0 Å². The van der Waals surface area contributed by atoms with Crippen LogP contribution in [0, 0.1) is 11.8 Å². The molecule has 14 heavy (non-hydrogen) atoms. The quantitative estimate of drug-likeness (QED) is 0.766. The van der Waals surface area contributed by atoms with Gasteiger partial charge in [0.05, 0.1) is 0 Å². The van der Waals surface area contributed by atoms with Crippen LogP contribution in [-0.4, -0.2) is 6.54 Å². The molecule has 1 N–H and O–H groups in total. The lowest BCUT2D eigenvalue weighted by Crippen LogP contribution is -2.04. The van der Waals surface area contributed by atoms with E-state index >= 15 is 0 Å². The molecule has 0 bridgehead atoms. The molecule has 0 radical (unpaired) electrons. The van der Waals surface area contributed by atoms with E-state index in [-0.39, 0.29) is 0 Å². The third-order valence-corrected chi connectivity index (χ3v) is 3.18. The zero-order valence-corrected chi connectivity index (χ0v) is 9.09. The summed E-state index contributed by atoms with van der Waals surface area (Å²) in [5, 5.41) is 3.51. The zero-order valence-electron chi connectivity index (χ0n) is 9.09. The smallest absolute Gasteiger partial charge is 0.0343 e. The normalized spacial score (nSPS) is 24.7. The molecular weight excluding hydrogens is 170 g/mol. The minimum absolute atomic E-state index is 0.917. The van der Waals surface area contributed by atoms with E-state index in [1.165, 1.54) is 17.7 Å². The van der Waals surface area contributed by atoms with Crippen molar-refractivity contribution in [3.63, 3.8) is 0 Å². The van der Waals surface area contributed by atoms with Crippen LogP contribution in [0.15, 0.2) is 24.3 Å². The third kappa shape index (κ3) is 2.28. The third-order valence-electron chi connectivity index (χ3n) is 3.18. The van der Waals surface area contributed by atoms with E-state index in [0.717, 1.165) is 24.8 Å². The number of rotatable bonds is 4. The standard InChI is InChI=1S/C13H19N/c1-3-11-5-4-6-13(8-11)14-9-12-7-10(12)2/h4-6,8,10,12,14H,3,7,9H2,1-2H3. The van der Waals surface area contributed by atoms with E-state index in [1.807, 2.05) is 0 Å². The molecule has 0 heterocycles. The average Bonchev–Trinajstić information content (AvgIpc) is 2.92. The van der Waals surface area contributed by atoms with Crippen molar-refractivity contribution in [2.24, 2.45) is 11.8 Å². The first kappa shape index (κ1) is 9.57. The lowest BCUT2D eigenvalue weighted by molar-refractivity contribution is 0.787. The average molecular weight is 189 g/mol. The topological polar surface area (TPSA) is 12.0 Å². The molecule has 1 saturated carbocycles. The van der Waals surface area contributed by atoms with Crippen molar-refractivity contribution >= 4 is 5.69 Å². The Kier molecular flexibility index (Phi) is 2.76. The van der Waals surface area contributed by atoms with Crippen LogP contribution in [0.1, 0.15) is 25.8 Å². The Hall–Kier alpha value is -0.980. The fourth-order valence-corrected chi connectivity index (χ4v) is 1.83. The first-order valence-corrected chi connectivity index (χ1v) is 5.62. The SMILES string of the molecule is CCc1cccc(NCC2CC2C)c1. The van der Waals surface area contributed by atoms with Crippen molar-refractivity contribution in [1.29, 1.82) is 0 Å². The number of hydrogen-bond acceptors (Lipinski definition) is 1. The summed E-state index contributed by atoms with van der Waals surface area (Å²) >= 11 is 0. The molecule has 2 rings (SSSR count). The van der Waals surface area contributed by atoms with Crippen molar-refractivity contribution in [2.45, 2.75) is 26.7 Å². The van der Waals surface area contributed by atoms with Gasteiger partial charge in [-0.05, 0) is 42.4 Å². The van der Waals surface area contributed by atoms with E-state index < -0.39 is 0 Å². The van der Waals surface area contributed by atoms with Crippen LogP contribution in [-0.2, 0) is 6.42 Å². The summed E-state index contributed by atoms with van der Waals surface area (Å²) in [6.07, 6.45) is 2.52. The first-order chi connectivity index (χ1) is 6.79. The summed E-state index contributed by atoms with van der Waals surface area (Å²) in [6.45, 7) is 5.67. The zero-order chi connectivity index (χ0) is 9.97. The highest BCUT2D eigenvalue weighted by molar-refractivity contribution is 5.45. The Morgan fingerprint density at radius 2 is 2.21 bits per heavy atom. The van der Waals surface area contributed by atoms with Crippen LogP contribution in [0.4, 0.5) is 5.69 Å². The second-order valence-corrected chi connectivity index (χ2v) is 4.41. The highest BCUT2D eigenvalue weighted by Gasteiger charge is 2.31. The van der Waals surface area contributed by atoms with Crippen molar-refractivity contribution in [3.8, 4) is 0 Å². The van der Waals surface area contributed by atoms with Gasteiger partial charge in [0, 0.05) is 12.2 Å². The molecule has 1 fully saturated rings. The number of anilines is 1. The summed E-state index contributed by atoms with van der Waals surface area (Å²) in [7, 11) is 0. The van der Waals surface area contributed by atoms with Gasteiger partial charge in [0.1, 0.15) is 0 Å². The molecule has 0 aromatic heterocycles. The van der Waals surface area contributed by atoms with Crippen LogP contribution in [0.5, 0.6) is 0 Å². The molecule has 1 aliphatic rings. The molecule has 0 amide bonds. The second-order valence-electron chi connectivity index (χ2n) is 4.41. The summed E-state index contributed by atoms with van der Waals surface area (Å²) in [4.78, 5) is 0. The number of benzene rings is 1. The van der Waals surface area contributed by atoms with Crippen molar-refractivity contribution in [1.82, 2.24) is 0 Å². The molecule has 1 heteroatoms. The number of nitrogens with one attached hydrogen (secondary N) is 1. The van der Waals surface area contributed by atoms with Crippen LogP contribution >= 0.6 is 0 Å². The van der Waals surface area contributed by atoms with Crippen molar-refractivity contribution in [3.05, 3.63) is 29.8 Å². The van der Waals surface area contributed by atoms with Gasteiger partial charge in [-0.2, -0.15) is 0 Å². The van der Waals surface area contributed by atoms with Gasteiger partial charge in [-0.3, -0.25) is 0 Å². The molecule has 1 aliphatic carbocycles. The highest BCUT2D eigenvalue weighted by atomic mass is 14.9. The monoisotopic (exact) mass is 189 g/mol. The number of hydrogen-bond donors (Lipinski definition) is 1. The molecule has 2 atom stereocenters. The molecule has 1 aromatic carbocycles. The highest BCUT2D eigenvalue weighted by Crippen LogP contribution is 2.37. The maximum Gasteiger partial charge on any atom is 0.0343 e. The van der Waals surface area contributed by atoms with Crippen LogP contribution in [0.3, 0.4) is 0 Å². The van der Waals surface area contributed by atoms with Gasteiger partial charge < -0.3 is 5.32 Å². The van der Waals surface area contributed by atoms with Gasteiger partial charge >= 0.3 is 0 Å². The van der Waals surface area contributed by atoms with Crippen molar-refractivity contribution < 1.29 is 0 Å². The molecule has 1 aromatic rings. The molecule has 1 nitrogen and oxygen atoms in total. The molecule has 2 unspecified atom stereocenters. The van der Waals surface area contributed by atoms with Gasteiger partial charge in [0.25, 0.3) is 0 Å². The molecule has 0 spiro atoms. The fraction of sp³-hybridized carbons (Fsp3) is 0.538. The van der Waals surface area contributed by atoms with Crippen LogP contribution in [0.2, 0.25) is 0 Å². The minimum Gasteiger partial charge on any atom is -0.385 e. The Labute approximate surface area is 86.5 Å². The molecule has 76 valence electrons. The van der Waals surface area contributed by atoms with E-state index in [4.69, 9.17) is 0 Å². The van der Waals surface area contributed by atoms with E-state index in [2.05, 4.69) is 43.4 Å². The van der Waals surface area contributed by atoms with Gasteiger partial charge in [0.2, 0.25) is 0 Å². The van der Waals surface area contributed by atoms with Gasteiger partial charge in [-0.1, -0.05) is 26.0 Å². The number of aryl methyl sites for hydroxylation is 1. The Bertz CT molecular complexity index is 306. The van der Waals surface area contributed by atoms with Gasteiger partial charge in [-0.25, -0.2) is 0 Å². The van der Waals surface area contributed by atoms with E-state index in [0.29, 0.717) is 0 Å². The lowest BCUT2D eigenvalue weighted by atomic mass is 10.1. The summed E-state index contributed by atoms with van der Waals surface area (Å²) in [5.74, 6) is 1.86. The van der Waals surface area contributed by atoms with Crippen LogP contribution in [0.25, 0.3) is 0 Å². The minimum atomic E-state index is 0.917. The Morgan fingerprint density at radius 3 is 2.86 bits per heavy atom. The van der Waals surface area contributed by atoms with Crippen molar-refractivity contribution in [2.75, 3.05) is 11.9 Å². The van der Waals surface area contributed by atoms with Gasteiger partial charge in [-0.15, -0.1) is 0 Å². The largest absolute Gasteiger partial charge is 0.385 e. The molecule has 0 aliphatic heterocycles. The Morgan fingerprint density at radius 1 is 1.43 bits per heavy atom.